The van der Waals surface area contributed by atoms with Gasteiger partial charge in [-0.05, 0) is 12.6 Å². The monoisotopic (exact) mass is 163 g/mol. The summed E-state index contributed by atoms with van der Waals surface area (Å²) in [4.78, 5) is 0. The van der Waals surface area contributed by atoms with Crippen molar-refractivity contribution in [1.29, 1.82) is 0 Å². The van der Waals surface area contributed by atoms with Gasteiger partial charge in [0.2, 0.25) is 0 Å². The third kappa shape index (κ3) is 3.31. The third-order valence-corrected chi connectivity index (χ3v) is 4.57. The molecule has 3 nitrogen and oxygen atoms in total. The van der Waals surface area contributed by atoms with E-state index in [9.17, 15) is 0 Å². The van der Waals surface area contributed by atoms with Crippen molar-refractivity contribution in [3.8, 4) is 0 Å². The molecule has 0 bridgehead atoms. The molecule has 1 unspecified atom stereocenters. The molecule has 0 aliphatic heterocycles. The van der Waals surface area contributed by atoms with Crippen LogP contribution in [0.15, 0.2) is 0 Å². The maximum atomic E-state index is 5.31. The maximum absolute atomic E-state index is 5.31. The number of hydrogen-bond donors (Lipinski definition) is 1. The van der Waals surface area contributed by atoms with Crippen LogP contribution < -0.4 is 5.73 Å². The Morgan fingerprint density at radius 1 is 1.50 bits per heavy atom. The Hall–Kier alpha value is 0.0969. The summed E-state index contributed by atoms with van der Waals surface area (Å²) >= 11 is 0. The van der Waals surface area contributed by atoms with Crippen LogP contribution in [-0.2, 0) is 8.85 Å². The number of rotatable bonds is 5. The summed E-state index contributed by atoms with van der Waals surface area (Å²) in [5, 5.41) is 0. The summed E-state index contributed by atoms with van der Waals surface area (Å²) in [6.45, 7) is 4.42. The Balaban J connectivity index is 3.69. The Kier molecular flexibility index (Phi) is 4.89. The van der Waals surface area contributed by atoms with Gasteiger partial charge in [-0.25, -0.2) is 0 Å². The molecule has 10 heavy (non-hydrogen) atoms. The van der Waals surface area contributed by atoms with Gasteiger partial charge in [0.25, 0.3) is 0 Å². The molecule has 62 valence electrons. The largest absolute Gasteiger partial charge is 0.398 e. The van der Waals surface area contributed by atoms with Crippen molar-refractivity contribution in [2.75, 3.05) is 13.8 Å². The second kappa shape index (κ2) is 4.84. The first-order valence-corrected chi connectivity index (χ1v) is 6.10. The molecule has 0 aromatic heterocycles. The van der Waals surface area contributed by atoms with Crippen molar-refractivity contribution >= 4 is 8.56 Å². The molecule has 1 atom stereocenters. The summed E-state index contributed by atoms with van der Waals surface area (Å²) < 4.78 is 10.6. The quantitative estimate of drug-likeness (QED) is 0.486. The maximum Gasteiger partial charge on any atom is 0.335 e. The van der Waals surface area contributed by atoms with Crippen LogP contribution in [0.2, 0.25) is 12.6 Å². The zero-order valence-corrected chi connectivity index (χ0v) is 8.02. The van der Waals surface area contributed by atoms with Gasteiger partial charge in [-0.2, -0.15) is 0 Å². The van der Waals surface area contributed by atoms with Crippen molar-refractivity contribution in [2.45, 2.75) is 25.9 Å². The second-order valence-corrected chi connectivity index (χ2v) is 5.86. The number of nitrogens with two attached hydrogens (primary N) is 1. The molecular weight excluding hydrogens is 146 g/mol. The molecule has 0 radical (unpaired) electrons. The van der Waals surface area contributed by atoms with E-state index in [1.807, 2.05) is 6.55 Å². The Morgan fingerprint density at radius 2 is 2.10 bits per heavy atom. The highest BCUT2D eigenvalue weighted by Gasteiger charge is 2.27. The van der Waals surface area contributed by atoms with Gasteiger partial charge in [0, 0.05) is 7.11 Å². The van der Waals surface area contributed by atoms with Crippen molar-refractivity contribution in [3.05, 3.63) is 0 Å². The zero-order chi connectivity index (χ0) is 8.04. The van der Waals surface area contributed by atoms with E-state index in [1.54, 1.807) is 7.11 Å². The lowest BCUT2D eigenvalue weighted by Gasteiger charge is -2.23. The Bertz CT molecular complexity index is 83.8. The lowest BCUT2D eigenvalue weighted by molar-refractivity contribution is 0.210. The average molecular weight is 163 g/mol. The molecular formula is C6H17NO2Si. The van der Waals surface area contributed by atoms with E-state index < -0.39 is 8.56 Å². The van der Waals surface area contributed by atoms with Gasteiger partial charge in [-0.1, -0.05) is 13.3 Å². The van der Waals surface area contributed by atoms with Gasteiger partial charge in [0.15, 0.2) is 0 Å². The molecule has 0 aliphatic rings. The average Bonchev–Trinajstić information content (AvgIpc) is 1.89. The minimum atomic E-state index is -1.85. The molecule has 0 saturated heterocycles. The molecule has 0 aromatic rings. The van der Waals surface area contributed by atoms with Gasteiger partial charge < -0.3 is 14.6 Å². The Morgan fingerprint density at radius 3 is 2.40 bits per heavy atom. The van der Waals surface area contributed by atoms with Crippen LogP contribution in [-0.4, -0.2) is 22.4 Å². The minimum absolute atomic E-state index is 0.274. The highest BCUT2D eigenvalue weighted by Crippen LogP contribution is 2.13. The first-order valence-electron chi connectivity index (χ1n) is 3.57. The van der Waals surface area contributed by atoms with Gasteiger partial charge in [0.1, 0.15) is 0 Å². The topological polar surface area (TPSA) is 44.5 Å². The molecule has 0 saturated carbocycles. The van der Waals surface area contributed by atoms with Crippen LogP contribution in [0.25, 0.3) is 0 Å². The molecule has 0 aromatic carbocycles. The van der Waals surface area contributed by atoms with Crippen molar-refractivity contribution in [1.82, 2.24) is 0 Å². The normalized spacial score (nSPS) is 16.8. The van der Waals surface area contributed by atoms with Crippen molar-refractivity contribution in [3.63, 3.8) is 0 Å². The van der Waals surface area contributed by atoms with E-state index in [1.165, 1.54) is 0 Å². The molecule has 4 heteroatoms. The standard InChI is InChI=1S/C6H17NO2Si/c1-4-5-10(3,8-2)9-6-7/h4-7H2,1-3H3. The first-order chi connectivity index (χ1) is 4.68. The van der Waals surface area contributed by atoms with Crippen LogP contribution in [0.3, 0.4) is 0 Å². The fourth-order valence-corrected chi connectivity index (χ4v) is 2.59. The van der Waals surface area contributed by atoms with Crippen LogP contribution in [0, 0.1) is 0 Å². The first kappa shape index (κ1) is 10.1. The van der Waals surface area contributed by atoms with Crippen LogP contribution in [0.4, 0.5) is 0 Å². The fraction of sp³-hybridized carbons (Fsp3) is 1.00. The minimum Gasteiger partial charge on any atom is -0.398 e. The fourth-order valence-electron chi connectivity index (χ4n) is 0.864. The molecule has 0 amide bonds. The second-order valence-electron chi connectivity index (χ2n) is 2.40. The zero-order valence-electron chi connectivity index (χ0n) is 7.02. The van der Waals surface area contributed by atoms with Gasteiger partial charge in [0.05, 0.1) is 6.73 Å². The van der Waals surface area contributed by atoms with E-state index in [4.69, 9.17) is 14.6 Å². The van der Waals surface area contributed by atoms with Crippen molar-refractivity contribution in [2.24, 2.45) is 5.73 Å². The molecule has 2 N–H and O–H groups in total. The van der Waals surface area contributed by atoms with E-state index in [-0.39, 0.29) is 6.73 Å². The van der Waals surface area contributed by atoms with Crippen LogP contribution in [0.1, 0.15) is 13.3 Å². The molecule has 0 heterocycles. The van der Waals surface area contributed by atoms with E-state index in [2.05, 4.69) is 6.92 Å². The highest BCUT2D eigenvalue weighted by atomic mass is 28.4. The number of hydrogen-bond acceptors (Lipinski definition) is 3. The smallest absolute Gasteiger partial charge is 0.335 e. The van der Waals surface area contributed by atoms with Gasteiger partial charge in [-0.15, -0.1) is 0 Å². The van der Waals surface area contributed by atoms with Gasteiger partial charge in [-0.3, -0.25) is 0 Å². The molecule has 0 rings (SSSR count). The lowest BCUT2D eigenvalue weighted by atomic mass is 10.6. The third-order valence-electron chi connectivity index (χ3n) is 1.52. The molecule has 0 fully saturated rings. The predicted octanol–water partition coefficient (Wildman–Crippen LogP) is 1.05. The van der Waals surface area contributed by atoms with E-state index in [0.717, 1.165) is 12.5 Å². The van der Waals surface area contributed by atoms with E-state index >= 15 is 0 Å². The SMILES string of the molecule is CCC[Si](C)(OC)OCN. The van der Waals surface area contributed by atoms with E-state index in [0.29, 0.717) is 0 Å². The summed E-state index contributed by atoms with van der Waals surface area (Å²) in [6.07, 6.45) is 1.09. The van der Waals surface area contributed by atoms with Crippen LogP contribution in [0.5, 0.6) is 0 Å². The molecule has 0 spiro atoms. The lowest BCUT2D eigenvalue weighted by Crippen LogP contribution is -2.38. The highest BCUT2D eigenvalue weighted by molar-refractivity contribution is 6.65. The Labute approximate surface area is 63.8 Å². The van der Waals surface area contributed by atoms with Crippen LogP contribution >= 0.6 is 0 Å². The summed E-state index contributed by atoms with van der Waals surface area (Å²) in [5.41, 5.74) is 5.25. The predicted molar refractivity (Wildman–Crippen MR) is 43.9 cm³/mol. The summed E-state index contributed by atoms with van der Waals surface area (Å²) in [5.74, 6) is 0. The summed E-state index contributed by atoms with van der Waals surface area (Å²) in [6, 6.07) is 1.01. The van der Waals surface area contributed by atoms with Gasteiger partial charge >= 0.3 is 8.56 Å². The molecule has 0 aliphatic carbocycles. The summed E-state index contributed by atoms with van der Waals surface area (Å²) in [7, 11) is -0.156. The van der Waals surface area contributed by atoms with Crippen molar-refractivity contribution < 1.29 is 8.85 Å².